The maximum atomic E-state index is 12.2. The van der Waals surface area contributed by atoms with Gasteiger partial charge in [0.15, 0.2) is 0 Å². The first-order valence-electron chi connectivity index (χ1n) is 8.43. The lowest BCUT2D eigenvalue weighted by atomic mass is 10.1. The number of nitrogens with one attached hydrogen (secondary N) is 2. The molecular weight excluding hydrogens is 362 g/mol. The normalized spacial score (nSPS) is 10.8. The van der Waals surface area contributed by atoms with Gasteiger partial charge in [-0.05, 0) is 42.8 Å². The third kappa shape index (κ3) is 4.58. The number of H-pyrrole nitrogens is 1. The van der Waals surface area contributed by atoms with Gasteiger partial charge in [0.2, 0.25) is 0 Å². The van der Waals surface area contributed by atoms with Crippen LogP contribution in [-0.2, 0) is 0 Å². The summed E-state index contributed by atoms with van der Waals surface area (Å²) in [4.78, 5) is 22.6. The second-order valence-corrected chi connectivity index (χ2v) is 5.68. The molecule has 0 atom stereocenters. The van der Waals surface area contributed by atoms with E-state index in [-0.39, 0.29) is 11.4 Å². The fraction of sp³-hybridized carbons (Fsp3) is 0.105. The summed E-state index contributed by atoms with van der Waals surface area (Å²) in [6, 6.07) is 14.8. The van der Waals surface area contributed by atoms with E-state index < -0.39 is 10.8 Å². The molecule has 0 unspecified atom stereocenters. The summed E-state index contributed by atoms with van der Waals surface area (Å²) in [5.41, 5.74) is 4.28. The Kier molecular flexibility index (Phi) is 5.75. The molecule has 9 nitrogen and oxygen atoms in total. The lowest BCUT2D eigenvalue weighted by molar-refractivity contribution is -0.384. The largest absolute Gasteiger partial charge is 0.494 e. The van der Waals surface area contributed by atoms with Crippen molar-refractivity contribution in [2.24, 2.45) is 5.10 Å². The highest BCUT2D eigenvalue weighted by atomic mass is 16.6. The molecule has 142 valence electrons. The number of hydrazone groups is 1. The van der Waals surface area contributed by atoms with Gasteiger partial charge in [0, 0.05) is 17.7 Å². The van der Waals surface area contributed by atoms with Gasteiger partial charge in [-0.25, -0.2) is 5.43 Å². The van der Waals surface area contributed by atoms with Crippen LogP contribution in [0.1, 0.15) is 23.0 Å². The topological polar surface area (TPSA) is 123 Å². The number of non-ortho nitro benzene ring substituents is 1. The molecule has 1 aromatic heterocycles. The standard InChI is InChI=1S/C19H17N5O4/c1-2-28-16-8-6-13(7-9-16)12-20-23-19(25)18-11-17(21-22-18)14-4-3-5-15(10-14)24(26)27/h3-12H,2H2,1H3,(H,21,22)(H,23,25)/b20-12+. The number of nitro benzene ring substituents is 1. The summed E-state index contributed by atoms with van der Waals surface area (Å²) in [5, 5.41) is 21.4. The second kappa shape index (κ2) is 8.58. The Balaban J connectivity index is 1.64. The van der Waals surface area contributed by atoms with Gasteiger partial charge in [0.05, 0.1) is 23.4 Å². The number of aromatic amines is 1. The number of ether oxygens (including phenoxy) is 1. The number of carbonyl (C=O) groups is 1. The average Bonchev–Trinajstić information content (AvgIpc) is 3.20. The minimum atomic E-state index is -0.487. The Labute approximate surface area is 160 Å². The van der Waals surface area contributed by atoms with Crippen molar-refractivity contribution < 1.29 is 14.5 Å². The minimum Gasteiger partial charge on any atom is -0.494 e. The summed E-state index contributed by atoms with van der Waals surface area (Å²) in [5.74, 6) is 0.279. The SMILES string of the molecule is CCOc1ccc(/C=N/NC(=O)c2cc(-c3cccc([N+](=O)[O-])c3)n[nH]2)cc1. The average molecular weight is 379 g/mol. The molecule has 2 aromatic carbocycles. The Morgan fingerprint density at radius 2 is 2.07 bits per heavy atom. The maximum absolute atomic E-state index is 12.2. The molecule has 0 aliphatic heterocycles. The zero-order chi connectivity index (χ0) is 19.9. The molecule has 0 radical (unpaired) electrons. The Hall–Kier alpha value is -4.01. The van der Waals surface area contributed by atoms with Gasteiger partial charge in [-0.1, -0.05) is 12.1 Å². The molecule has 0 aliphatic rings. The van der Waals surface area contributed by atoms with Crippen LogP contribution in [0, 0.1) is 10.1 Å². The minimum absolute atomic E-state index is 0.0496. The highest BCUT2D eigenvalue weighted by molar-refractivity contribution is 5.94. The fourth-order valence-electron chi connectivity index (χ4n) is 2.41. The van der Waals surface area contributed by atoms with E-state index in [9.17, 15) is 14.9 Å². The predicted octanol–water partition coefficient (Wildman–Crippen LogP) is 3.15. The molecule has 3 rings (SSSR count). The van der Waals surface area contributed by atoms with E-state index in [4.69, 9.17) is 4.74 Å². The summed E-state index contributed by atoms with van der Waals surface area (Å²) in [7, 11) is 0. The second-order valence-electron chi connectivity index (χ2n) is 5.68. The first-order chi connectivity index (χ1) is 13.6. The number of carbonyl (C=O) groups excluding carboxylic acids is 1. The van der Waals surface area contributed by atoms with E-state index in [2.05, 4.69) is 20.7 Å². The molecule has 28 heavy (non-hydrogen) atoms. The number of aromatic nitrogens is 2. The van der Waals surface area contributed by atoms with Crippen LogP contribution in [-0.4, -0.2) is 33.8 Å². The van der Waals surface area contributed by atoms with Crippen molar-refractivity contribution >= 4 is 17.8 Å². The van der Waals surface area contributed by atoms with Crippen LogP contribution in [0.3, 0.4) is 0 Å². The van der Waals surface area contributed by atoms with Crippen molar-refractivity contribution in [1.29, 1.82) is 0 Å². The van der Waals surface area contributed by atoms with Crippen LogP contribution in [0.4, 0.5) is 5.69 Å². The predicted molar refractivity (Wildman–Crippen MR) is 103 cm³/mol. The number of nitro groups is 1. The molecule has 0 fully saturated rings. The maximum Gasteiger partial charge on any atom is 0.289 e. The highest BCUT2D eigenvalue weighted by Gasteiger charge is 2.13. The molecule has 0 saturated carbocycles. The van der Waals surface area contributed by atoms with E-state index in [1.807, 2.05) is 31.2 Å². The van der Waals surface area contributed by atoms with Crippen LogP contribution >= 0.6 is 0 Å². The third-order valence-electron chi connectivity index (χ3n) is 3.75. The van der Waals surface area contributed by atoms with Gasteiger partial charge in [0.25, 0.3) is 11.6 Å². The Bertz CT molecular complexity index is 1010. The molecule has 1 amide bonds. The van der Waals surface area contributed by atoms with Crippen LogP contribution in [0.25, 0.3) is 11.3 Å². The summed E-state index contributed by atoms with van der Waals surface area (Å²) >= 11 is 0. The van der Waals surface area contributed by atoms with Crippen LogP contribution in [0.15, 0.2) is 59.7 Å². The molecule has 0 bridgehead atoms. The number of nitrogens with zero attached hydrogens (tertiary/aromatic N) is 3. The summed E-state index contributed by atoms with van der Waals surface area (Å²) in [6.07, 6.45) is 1.51. The van der Waals surface area contributed by atoms with Gasteiger partial charge in [0.1, 0.15) is 11.4 Å². The zero-order valence-electron chi connectivity index (χ0n) is 15.0. The number of amides is 1. The van der Waals surface area contributed by atoms with Crippen LogP contribution in [0.5, 0.6) is 5.75 Å². The smallest absolute Gasteiger partial charge is 0.289 e. The van der Waals surface area contributed by atoms with Crippen molar-refractivity contribution in [3.63, 3.8) is 0 Å². The lowest BCUT2D eigenvalue weighted by Crippen LogP contribution is -2.17. The van der Waals surface area contributed by atoms with Crippen LogP contribution < -0.4 is 10.2 Å². The highest BCUT2D eigenvalue weighted by Crippen LogP contribution is 2.22. The van der Waals surface area contributed by atoms with Crippen molar-refractivity contribution in [1.82, 2.24) is 15.6 Å². The van der Waals surface area contributed by atoms with Crippen molar-refractivity contribution in [2.45, 2.75) is 6.92 Å². The van der Waals surface area contributed by atoms with Crippen molar-refractivity contribution in [2.75, 3.05) is 6.61 Å². The van der Waals surface area contributed by atoms with Crippen molar-refractivity contribution in [3.05, 3.63) is 76.0 Å². The van der Waals surface area contributed by atoms with Gasteiger partial charge < -0.3 is 4.74 Å². The first kappa shape index (κ1) is 18.8. The monoisotopic (exact) mass is 379 g/mol. The summed E-state index contributed by atoms with van der Waals surface area (Å²) in [6.45, 7) is 2.50. The van der Waals surface area contributed by atoms with Gasteiger partial charge in [-0.3, -0.25) is 20.0 Å². The molecule has 9 heteroatoms. The first-order valence-corrected chi connectivity index (χ1v) is 8.43. The zero-order valence-corrected chi connectivity index (χ0v) is 15.0. The number of rotatable bonds is 7. The number of benzene rings is 2. The molecule has 1 heterocycles. The van der Waals surface area contributed by atoms with Gasteiger partial charge in [-0.2, -0.15) is 10.2 Å². The van der Waals surface area contributed by atoms with E-state index in [0.29, 0.717) is 17.9 Å². The Morgan fingerprint density at radius 1 is 1.29 bits per heavy atom. The lowest BCUT2D eigenvalue weighted by Gasteiger charge is -2.02. The number of hydrogen-bond donors (Lipinski definition) is 2. The van der Waals surface area contributed by atoms with E-state index in [0.717, 1.165) is 11.3 Å². The van der Waals surface area contributed by atoms with Gasteiger partial charge >= 0.3 is 0 Å². The quantitative estimate of drug-likeness (QED) is 0.371. The van der Waals surface area contributed by atoms with Crippen LogP contribution in [0.2, 0.25) is 0 Å². The third-order valence-corrected chi connectivity index (χ3v) is 3.75. The fourth-order valence-corrected chi connectivity index (χ4v) is 2.41. The molecule has 3 aromatic rings. The number of hydrogen-bond acceptors (Lipinski definition) is 6. The van der Waals surface area contributed by atoms with E-state index >= 15 is 0 Å². The molecule has 2 N–H and O–H groups in total. The summed E-state index contributed by atoms with van der Waals surface area (Å²) < 4.78 is 5.36. The van der Waals surface area contributed by atoms with E-state index in [1.165, 1.54) is 24.4 Å². The molecule has 0 saturated heterocycles. The van der Waals surface area contributed by atoms with Gasteiger partial charge in [-0.15, -0.1) is 0 Å². The molecular formula is C19H17N5O4. The van der Waals surface area contributed by atoms with E-state index in [1.54, 1.807) is 12.1 Å². The molecule has 0 aliphatic carbocycles. The van der Waals surface area contributed by atoms with Crippen molar-refractivity contribution in [3.8, 4) is 17.0 Å². The Morgan fingerprint density at radius 3 is 2.79 bits per heavy atom. The molecule has 0 spiro atoms.